The number of methoxy groups -OCH3 is 1. The van der Waals surface area contributed by atoms with Crippen LogP contribution >= 0.6 is 0 Å². The summed E-state index contributed by atoms with van der Waals surface area (Å²) in [6, 6.07) is 8.11. The van der Waals surface area contributed by atoms with Gasteiger partial charge in [-0.25, -0.2) is 9.97 Å². The van der Waals surface area contributed by atoms with Crippen LogP contribution in [-0.2, 0) is 17.8 Å². The molecule has 2 heterocycles. The number of para-hydroxylation sites is 1. The molecular weight excluding hydrogens is 302 g/mol. The van der Waals surface area contributed by atoms with E-state index in [1.165, 1.54) is 12.0 Å². The Morgan fingerprint density at radius 2 is 1.96 bits per heavy atom. The molecule has 5 nitrogen and oxygen atoms in total. The van der Waals surface area contributed by atoms with Crippen LogP contribution in [0, 0.1) is 0 Å². The number of hydrogen-bond donors (Lipinski definition) is 0. The van der Waals surface area contributed by atoms with Crippen molar-refractivity contribution in [3.05, 3.63) is 53.6 Å². The first-order chi connectivity index (χ1) is 11.8. The highest BCUT2D eigenvalue weighted by atomic mass is 16.5. The summed E-state index contributed by atoms with van der Waals surface area (Å²) < 4.78 is 11.2. The van der Waals surface area contributed by atoms with Crippen molar-refractivity contribution in [2.45, 2.75) is 38.5 Å². The maximum atomic E-state index is 5.74. The molecule has 0 bridgehead atoms. The molecule has 2 aromatic rings. The van der Waals surface area contributed by atoms with Gasteiger partial charge in [-0.1, -0.05) is 18.2 Å². The zero-order chi connectivity index (χ0) is 16.8. The van der Waals surface area contributed by atoms with Crippen LogP contribution < -0.4 is 4.74 Å². The van der Waals surface area contributed by atoms with Gasteiger partial charge in [0.2, 0.25) is 0 Å². The molecular formula is C19H25N3O2. The lowest BCUT2D eigenvalue weighted by Crippen LogP contribution is -2.19. The zero-order valence-electron chi connectivity index (χ0n) is 14.4. The van der Waals surface area contributed by atoms with Gasteiger partial charge in [0.15, 0.2) is 5.82 Å². The van der Waals surface area contributed by atoms with Crippen LogP contribution in [0.5, 0.6) is 5.75 Å². The van der Waals surface area contributed by atoms with Gasteiger partial charge in [0, 0.05) is 43.2 Å². The minimum absolute atomic E-state index is 0.0686. The van der Waals surface area contributed by atoms with Gasteiger partial charge >= 0.3 is 0 Å². The van der Waals surface area contributed by atoms with Gasteiger partial charge in [0.05, 0.1) is 7.11 Å². The minimum Gasteiger partial charge on any atom is -0.496 e. The Hall–Kier alpha value is -1.98. The highest BCUT2D eigenvalue weighted by molar-refractivity contribution is 5.33. The molecule has 1 aromatic heterocycles. The third-order valence-electron chi connectivity index (χ3n) is 4.28. The van der Waals surface area contributed by atoms with E-state index in [9.17, 15) is 0 Å². The molecule has 5 heteroatoms. The Morgan fingerprint density at radius 1 is 1.17 bits per heavy atom. The average molecular weight is 327 g/mol. The third-order valence-corrected chi connectivity index (χ3v) is 4.28. The van der Waals surface area contributed by atoms with E-state index >= 15 is 0 Å². The first-order valence-corrected chi connectivity index (χ1v) is 8.49. The van der Waals surface area contributed by atoms with Crippen LogP contribution in [0.25, 0.3) is 0 Å². The highest BCUT2D eigenvalue weighted by Gasteiger charge is 2.18. The van der Waals surface area contributed by atoms with Gasteiger partial charge < -0.3 is 9.47 Å². The molecule has 0 amide bonds. The van der Waals surface area contributed by atoms with Gasteiger partial charge in [-0.15, -0.1) is 0 Å². The van der Waals surface area contributed by atoms with E-state index < -0.39 is 0 Å². The van der Waals surface area contributed by atoms with E-state index in [2.05, 4.69) is 28.0 Å². The van der Waals surface area contributed by atoms with Gasteiger partial charge in [-0.2, -0.15) is 0 Å². The fourth-order valence-electron chi connectivity index (χ4n) is 3.05. The molecule has 0 radical (unpaired) electrons. The lowest BCUT2D eigenvalue weighted by Gasteiger charge is -2.21. The van der Waals surface area contributed by atoms with Crippen molar-refractivity contribution in [3.63, 3.8) is 0 Å². The number of benzene rings is 1. The summed E-state index contributed by atoms with van der Waals surface area (Å²) in [7, 11) is 3.79. The molecule has 24 heavy (non-hydrogen) atoms. The van der Waals surface area contributed by atoms with E-state index in [1.807, 2.05) is 30.6 Å². The molecule has 1 aliphatic heterocycles. The fraction of sp³-hybridized carbons (Fsp3) is 0.474. The number of ether oxygens (including phenoxy) is 2. The van der Waals surface area contributed by atoms with Crippen LogP contribution in [0.1, 0.15) is 42.3 Å². The summed E-state index contributed by atoms with van der Waals surface area (Å²) in [5, 5.41) is 0. The molecule has 0 unspecified atom stereocenters. The monoisotopic (exact) mass is 327 g/mol. The summed E-state index contributed by atoms with van der Waals surface area (Å²) in [5.74, 6) is 1.73. The van der Waals surface area contributed by atoms with Crippen molar-refractivity contribution in [1.29, 1.82) is 0 Å². The molecule has 1 atom stereocenters. The van der Waals surface area contributed by atoms with E-state index in [0.29, 0.717) is 0 Å². The number of hydrogen-bond acceptors (Lipinski definition) is 5. The van der Waals surface area contributed by atoms with Gasteiger partial charge in [-0.3, -0.25) is 4.90 Å². The van der Waals surface area contributed by atoms with Crippen LogP contribution in [0.2, 0.25) is 0 Å². The van der Waals surface area contributed by atoms with Crippen LogP contribution in [-0.4, -0.2) is 35.6 Å². The molecule has 1 fully saturated rings. The summed E-state index contributed by atoms with van der Waals surface area (Å²) in [6.45, 7) is 2.43. The number of aromatic nitrogens is 2. The van der Waals surface area contributed by atoms with Gasteiger partial charge in [0.1, 0.15) is 11.9 Å². The quantitative estimate of drug-likeness (QED) is 0.814. The Labute approximate surface area is 143 Å². The second-order valence-electron chi connectivity index (χ2n) is 6.29. The number of nitrogens with zero attached hydrogens (tertiary/aromatic N) is 3. The predicted octanol–water partition coefficient (Wildman–Crippen LogP) is 3.36. The van der Waals surface area contributed by atoms with Crippen molar-refractivity contribution in [3.8, 4) is 5.75 Å². The molecule has 1 aliphatic rings. The Bertz CT molecular complexity index is 639. The van der Waals surface area contributed by atoms with Crippen molar-refractivity contribution in [2.75, 3.05) is 20.8 Å². The van der Waals surface area contributed by atoms with E-state index in [-0.39, 0.29) is 6.10 Å². The molecule has 128 valence electrons. The largest absolute Gasteiger partial charge is 0.496 e. The summed E-state index contributed by atoms with van der Waals surface area (Å²) >= 11 is 0. The van der Waals surface area contributed by atoms with Crippen LogP contribution in [0.4, 0.5) is 0 Å². The fourth-order valence-corrected chi connectivity index (χ4v) is 3.05. The molecule has 1 aromatic carbocycles. The van der Waals surface area contributed by atoms with Crippen molar-refractivity contribution < 1.29 is 9.47 Å². The summed E-state index contributed by atoms with van der Waals surface area (Å²) in [6.07, 6.45) is 7.25. The second kappa shape index (κ2) is 8.22. The highest BCUT2D eigenvalue weighted by Crippen LogP contribution is 2.25. The van der Waals surface area contributed by atoms with E-state index in [4.69, 9.17) is 9.47 Å². The predicted molar refractivity (Wildman–Crippen MR) is 92.7 cm³/mol. The first-order valence-electron chi connectivity index (χ1n) is 8.49. The van der Waals surface area contributed by atoms with Crippen molar-refractivity contribution in [1.82, 2.24) is 14.9 Å². The first kappa shape index (κ1) is 16.9. The molecule has 0 saturated carbocycles. The number of rotatable bonds is 6. The average Bonchev–Trinajstić information content (AvgIpc) is 2.63. The van der Waals surface area contributed by atoms with Crippen molar-refractivity contribution >= 4 is 0 Å². The molecule has 0 N–H and O–H groups in total. The van der Waals surface area contributed by atoms with E-state index in [1.54, 1.807) is 7.11 Å². The molecule has 1 saturated heterocycles. The van der Waals surface area contributed by atoms with Gasteiger partial charge in [0.25, 0.3) is 0 Å². The Balaban J connectivity index is 1.59. The van der Waals surface area contributed by atoms with Crippen LogP contribution in [0.3, 0.4) is 0 Å². The summed E-state index contributed by atoms with van der Waals surface area (Å²) in [5.41, 5.74) is 2.28. The SMILES string of the molecule is COc1ccccc1CN(C)Cc1cnc([C@H]2CCCCO2)nc1. The Kier molecular flexibility index (Phi) is 5.77. The zero-order valence-corrected chi connectivity index (χ0v) is 14.4. The second-order valence-corrected chi connectivity index (χ2v) is 6.29. The molecule has 0 aliphatic carbocycles. The van der Waals surface area contributed by atoms with E-state index in [0.717, 1.165) is 49.7 Å². The summed E-state index contributed by atoms with van der Waals surface area (Å²) in [4.78, 5) is 11.2. The Morgan fingerprint density at radius 3 is 2.67 bits per heavy atom. The van der Waals surface area contributed by atoms with Crippen LogP contribution in [0.15, 0.2) is 36.7 Å². The minimum atomic E-state index is 0.0686. The topological polar surface area (TPSA) is 47.5 Å². The molecule has 0 spiro atoms. The normalized spacial score (nSPS) is 17.9. The third kappa shape index (κ3) is 4.30. The standard InChI is InChI=1S/C19H25N3O2/c1-22(14-16-7-3-4-8-17(16)23-2)13-15-11-20-19(21-12-15)18-9-5-6-10-24-18/h3-4,7-8,11-12,18H,5-6,9-10,13-14H2,1-2H3/t18-/m1/s1. The maximum absolute atomic E-state index is 5.74. The maximum Gasteiger partial charge on any atom is 0.157 e. The van der Waals surface area contributed by atoms with Crippen molar-refractivity contribution in [2.24, 2.45) is 0 Å². The molecule has 3 rings (SSSR count). The smallest absolute Gasteiger partial charge is 0.157 e. The lowest BCUT2D eigenvalue weighted by atomic mass is 10.1. The van der Waals surface area contributed by atoms with Gasteiger partial charge in [-0.05, 0) is 32.4 Å². The lowest BCUT2D eigenvalue weighted by molar-refractivity contribution is 0.00938.